The zero-order valence-electron chi connectivity index (χ0n) is 18.0. The summed E-state index contributed by atoms with van der Waals surface area (Å²) in [4.78, 5) is 11.9. The van der Waals surface area contributed by atoms with Crippen LogP contribution in [0, 0.1) is 0 Å². The lowest BCUT2D eigenvalue weighted by Gasteiger charge is -2.38. The van der Waals surface area contributed by atoms with Gasteiger partial charge in [0, 0.05) is 12.0 Å². The van der Waals surface area contributed by atoms with Crippen LogP contribution >= 0.6 is 0 Å². The van der Waals surface area contributed by atoms with E-state index in [9.17, 15) is 18.0 Å². The molecular formula is C24H31F3N2O. The lowest BCUT2D eigenvalue weighted by Crippen LogP contribution is -2.51. The van der Waals surface area contributed by atoms with E-state index in [1.54, 1.807) is 26.0 Å². The molecule has 1 aliphatic heterocycles. The fourth-order valence-corrected chi connectivity index (χ4v) is 4.36. The summed E-state index contributed by atoms with van der Waals surface area (Å²) in [6.07, 6.45) is 2.36. The van der Waals surface area contributed by atoms with Crippen LogP contribution < -0.4 is 5.43 Å². The highest BCUT2D eigenvalue weighted by atomic mass is 19.4. The number of rotatable bonds is 8. The summed E-state index contributed by atoms with van der Waals surface area (Å²) in [5.41, 5.74) is 2.83. The molecule has 2 aromatic rings. The number of hydrazine groups is 1. The third-order valence-corrected chi connectivity index (χ3v) is 5.90. The first-order valence-electron chi connectivity index (χ1n) is 10.8. The van der Waals surface area contributed by atoms with Gasteiger partial charge in [-0.2, -0.15) is 18.2 Å². The molecule has 1 atom stereocenters. The molecule has 0 unspecified atom stereocenters. The average Bonchev–Trinajstić information content (AvgIpc) is 2.92. The molecule has 0 spiro atoms. The van der Waals surface area contributed by atoms with Crippen molar-refractivity contribution in [3.63, 3.8) is 0 Å². The highest BCUT2D eigenvalue weighted by Crippen LogP contribution is 2.44. The summed E-state index contributed by atoms with van der Waals surface area (Å²) in [6.45, 7) is 5.50. The van der Waals surface area contributed by atoms with Crippen molar-refractivity contribution in [1.82, 2.24) is 10.4 Å². The molecule has 1 amide bonds. The van der Waals surface area contributed by atoms with Crippen LogP contribution in [0.1, 0.15) is 76.5 Å². The van der Waals surface area contributed by atoms with E-state index < -0.39 is 17.8 Å². The summed E-state index contributed by atoms with van der Waals surface area (Å²) in [5, 5.41) is 2.45. The normalized spacial score (nSPS) is 18.0. The van der Waals surface area contributed by atoms with Crippen molar-refractivity contribution < 1.29 is 18.0 Å². The Morgan fingerprint density at radius 3 is 2.47 bits per heavy atom. The zero-order chi connectivity index (χ0) is 21.9. The summed E-state index contributed by atoms with van der Waals surface area (Å²) in [5.74, 6) is -0.389. The van der Waals surface area contributed by atoms with Gasteiger partial charge in [0.25, 0.3) is 0 Å². The molecule has 1 heterocycles. The number of hydrogen-bond acceptors (Lipinski definition) is 2. The van der Waals surface area contributed by atoms with E-state index in [2.05, 4.69) is 12.3 Å². The smallest absolute Gasteiger partial charge is 0.287 e. The van der Waals surface area contributed by atoms with Crippen molar-refractivity contribution >= 4 is 16.7 Å². The molecule has 6 heteroatoms. The Hall–Kier alpha value is -2.08. The van der Waals surface area contributed by atoms with E-state index in [1.165, 1.54) is 31.7 Å². The monoisotopic (exact) mass is 420 g/mol. The van der Waals surface area contributed by atoms with Crippen LogP contribution in [-0.4, -0.2) is 22.6 Å². The first-order chi connectivity index (χ1) is 14.1. The Balaban J connectivity index is 1.92. The zero-order valence-corrected chi connectivity index (χ0v) is 18.0. The molecule has 0 aliphatic carbocycles. The number of benzene rings is 2. The van der Waals surface area contributed by atoms with Crippen molar-refractivity contribution in [2.75, 3.05) is 0 Å². The van der Waals surface area contributed by atoms with Gasteiger partial charge in [0.15, 0.2) is 6.04 Å². The molecule has 1 saturated heterocycles. The fourth-order valence-electron chi connectivity index (χ4n) is 4.36. The van der Waals surface area contributed by atoms with Gasteiger partial charge in [-0.15, -0.1) is 0 Å². The minimum absolute atomic E-state index is 0.0343. The maximum absolute atomic E-state index is 14.2. The second-order valence-electron chi connectivity index (χ2n) is 8.91. The highest BCUT2D eigenvalue weighted by Gasteiger charge is 2.53. The maximum Gasteiger partial charge on any atom is 0.409 e. The molecule has 0 saturated carbocycles. The van der Waals surface area contributed by atoms with Crippen LogP contribution in [0.15, 0.2) is 36.4 Å². The molecule has 1 N–H and O–H groups in total. The van der Waals surface area contributed by atoms with Crippen LogP contribution in [0.3, 0.4) is 0 Å². The summed E-state index contributed by atoms with van der Waals surface area (Å²) in [6, 6.07) is 8.89. The van der Waals surface area contributed by atoms with Crippen LogP contribution in [0.2, 0.25) is 0 Å². The van der Waals surface area contributed by atoms with E-state index in [1.807, 2.05) is 18.2 Å². The summed E-state index contributed by atoms with van der Waals surface area (Å²) in [7, 11) is 0. The number of carbonyl (C=O) groups excluding carboxylic acids is 1. The second-order valence-corrected chi connectivity index (χ2v) is 8.91. The molecule has 164 valence electrons. The molecule has 1 aliphatic rings. The molecule has 3 nitrogen and oxygen atoms in total. The van der Waals surface area contributed by atoms with Gasteiger partial charge in [0.1, 0.15) is 0 Å². The fraction of sp³-hybridized carbons (Fsp3) is 0.542. The van der Waals surface area contributed by atoms with E-state index in [-0.39, 0.29) is 17.9 Å². The Morgan fingerprint density at radius 2 is 1.83 bits per heavy atom. The third kappa shape index (κ3) is 4.97. The first-order valence-corrected chi connectivity index (χ1v) is 10.8. The van der Waals surface area contributed by atoms with Gasteiger partial charge < -0.3 is 0 Å². The number of unbranched alkanes of at least 4 members (excludes halogenated alkanes) is 4. The molecule has 3 rings (SSSR count). The Bertz CT molecular complexity index is 892. The van der Waals surface area contributed by atoms with Crippen molar-refractivity contribution in [3.05, 3.63) is 47.5 Å². The summed E-state index contributed by atoms with van der Waals surface area (Å²) >= 11 is 0. The van der Waals surface area contributed by atoms with Crippen molar-refractivity contribution in [2.24, 2.45) is 0 Å². The van der Waals surface area contributed by atoms with E-state index >= 15 is 0 Å². The van der Waals surface area contributed by atoms with Crippen LogP contribution in [0.4, 0.5) is 13.2 Å². The van der Waals surface area contributed by atoms with Crippen molar-refractivity contribution in [3.8, 4) is 0 Å². The van der Waals surface area contributed by atoms with Gasteiger partial charge in [-0.05, 0) is 48.6 Å². The lowest BCUT2D eigenvalue weighted by molar-refractivity contribution is -0.203. The van der Waals surface area contributed by atoms with Gasteiger partial charge in [0.05, 0.1) is 0 Å². The molecule has 0 aromatic heterocycles. The number of hydrogen-bond donors (Lipinski definition) is 1. The van der Waals surface area contributed by atoms with Crippen molar-refractivity contribution in [1.29, 1.82) is 0 Å². The van der Waals surface area contributed by atoms with Gasteiger partial charge in [-0.25, -0.2) is 0 Å². The van der Waals surface area contributed by atoms with Crippen molar-refractivity contribution in [2.45, 2.75) is 83.5 Å². The molecule has 0 bridgehead atoms. The standard InChI is InChI=1S/C24H31F3N2O/c1-4-5-6-7-8-10-17-13-14-19-18(15-17)11-9-12-20(19)22(24(25,26)27)29-23(2,3)16-21(30)28-29/h9,11-15,22H,4-8,10,16H2,1-3H3,(H,28,30)/t22-/m0/s1. The van der Waals surface area contributed by atoms with Gasteiger partial charge in [-0.1, -0.05) is 69.0 Å². The number of fused-ring (bicyclic) bond motifs is 1. The SMILES string of the molecule is CCCCCCCc1ccc2c([C@H](N3NC(=O)CC3(C)C)C(F)(F)F)cccc2c1. The number of amides is 1. The quantitative estimate of drug-likeness (QED) is 0.496. The Labute approximate surface area is 176 Å². The van der Waals surface area contributed by atoms with E-state index in [0.29, 0.717) is 5.39 Å². The minimum atomic E-state index is -4.53. The minimum Gasteiger partial charge on any atom is -0.287 e. The highest BCUT2D eigenvalue weighted by molar-refractivity contribution is 5.87. The average molecular weight is 421 g/mol. The topological polar surface area (TPSA) is 32.3 Å². The summed E-state index contributed by atoms with van der Waals surface area (Å²) < 4.78 is 42.6. The Morgan fingerprint density at radius 1 is 1.10 bits per heavy atom. The molecule has 0 radical (unpaired) electrons. The number of aryl methyl sites for hydroxylation is 1. The Kier molecular flexibility index (Phi) is 6.75. The van der Waals surface area contributed by atoms with Gasteiger partial charge >= 0.3 is 6.18 Å². The van der Waals surface area contributed by atoms with Gasteiger partial charge in [0.2, 0.25) is 5.91 Å². The molecule has 2 aromatic carbocycles. The first kappa shape index (κ1) is 22.6. The third-order valence-electron chi connectivity index (χ3n) is 5.90. The van der Waals surface area contributed by atoms with Crippen LogP contribution in [0.25, 0.3) is 10.8 Å². The van der Waals surface area contributed by atoms with Gasteiger partial charge in [-0.3, -0.25) is 10.2 Å². The molecule has 1 fully saturated rings. The largest absolute Gasteiger partial charge is 0.409 e. The lowest BCUT2D eigenvalue weighted by atomic mass is 9.92. The number of nitrogens with one attached hydrogen (secondary N) is 1. The number of carbonyl (C=O) groups is 1. The molecular weight excluding hydrogens is 389 g/mol. The van der Waals surface area contributed by atoms with E-state index in [4.69, 9.17) is 0 Å². The predicted octanol–water partition coefficient (Wildman–Crippen LogP) is 6.47. The predicted molar refractivity (Wildman–Crippen MR) is 114 cm³/mol. The van der Waals surface area contributed by atoms with Crippen LogP contribution in [0.5, 0.6) is 0 Å². The number of alkyl halides is 3. The van der Waals surface area contributed by atoms with E-state index in [0.717, 1.165) is 28.8 Å². The maximum atomic E-state index is 14.2. The number of halogens is 3. The molecule has 30 heavy (non-hydrogen) atoms. The second kappa shape index (κ2) is 8.96. The van der Waals surface area contributed by atoms with Crippen LogP contribution in [-0.2, 0) is 11.2 Å². The number of nitrogens with zero attached hydrogens (tertiary/aromatic N) is 1.